The Bertz CT molecular complexity index is 943. The monoisotopic (exact) mass is 366 g/mol. The van der Waals surface area contributed by atoms with Gasteiger partial charge in [-0.1, -0.05) is 36.7 Å². The van der Waals surface area contributed by atoms with E-state index in [1.807, 2.05) is 38.1 Å². The molecule has 0 spiro atoms. The zero-order chi connectivity index (χ0) is 18.5. The molecule has 0 aliphatic rings. The molecule has 6 heteroatoms. The maximum atomic E-state index is 12.6. The van der Waals surface area contributed by atoms with Crippen LogP contribution in [0.3, 0.4) is 0 Å². The van der Waals surface area contributed by atoms with Crippen molar-refractivity contribution in [1.29, 1.82) is 0 Å². The van der Waals surface area contributed by atoms with Gasteiger partial charge in [-0.3, -0.25) is 4.79 Å². The highest BCUT2D eigenvalue weighted by Crippen LogP contribution is 2.25. The minimum atomic E-state index is -0.236. The number of aromatic nitrogens is 2. The zero-order valence-electron chi connectivity index (χ0n) is 14.6. The molecule has 0 fully saturated rings. The lowest BCUT2D eigenvalue weighted by molar-refractivity contribution is 0.102. The molecule has 3 aromatic rings. The Hall–Kier alpha value is -2.92. The summed E-state index contributed by atoms with van der Waals surface area (Å²) in [6.07, 6.45) is 2.31. The molecule has 5 nitrogen and oxygen atoms in total. The molecule has 132 valence electrons. The first-order valence-electron chi connectivity index (χ1n) is 8.31. The molecule has 0 atom stereocenters. The highest BCUT2D eigenvalue weighted by Gasteiger charge is 2.12. The van der Waals surface area contributed by atoms with Crippen LogP contribution in [0.15, 0.2) is 54.9 Å². The van der Waals surface area contributed by atoms with Crippen LogP contribution in [0.1, 0.15) is 28.5 Å². The SMILES string of the molecule is CCc1ccc(Nc2cc(C)ncn2)cc1NC(=O)c1ccccc1Cl. The van der Waals surface area contributed by atoms with E-state index in [-0.39, 0.29) is 5.91 Å². The lowest BCUT2D eigenvalue weighted by Gasteiger charge is -2.14. The number of halogens is 1. The molecule has 3 rings (SSSR count). The minimum absolute atomic E-state index is 0.236. The van der Waals surface area contributed by atoms with Crippen LogP contribution >= 0.6 is 11.6 Å². The molecule has 0 unspecified atom stereocenters. The highest BCUT2D eigenvalue weighted by molar-refractivity contribution is 6.34. The van der Waals surface area contributed by atoms with E-state index in [2.05, 4.69) is 20.6 Å². The quantitative estimate of drug-likeness (QED) is 0.667. The van der Waals surface area contributed by atoms with Crippen molar-refractivity contribution < 1.29 is 4.79 Å². The largest absolute Gasteiger partial charge is 0.340 e. The summed E-state index contributed by atoms with van der Waals surface area (Å²) in [6.45, 7) is 3.95. The maximum Gasteiger partial charge on any atom is 0.257 e. The van der Waals surface area contributed by atoms with Gasteiger partial charge in [0.2, 0.25) is 0 Å². The molecule has 0 radical (unpaired) electrons. The second-order valence-corrected chi connectivity index (χ2v) is 6.24. The second kappa shape index (κ2) is 7.97. The fourth-order valence-electron chi connectivity index (χ4n) is 2.58. The zero-order valence-corrected chi connectivity index (χ0v) is 15.3. The Morgan fingerprint density at radius 2 is 1.92 bits per heavy atom. The van der Waals surface area contributed by atoms with E-state index in [1.165, 1.54) is 6.33 Å². The van der Waals surface area contributed by atoms with Crippen LogP contribution in [0.4, 0.5) is 17.2 Å². The summed E-state index contributed by atoms with van der Waals surface area (Å²) in [5, 5.41) is 6.62. The molecule has 1 aromatic heterocycles. The summed E-state index contributed by atoms with van der Waals surface area (Å²) in [7, 11) is 0. The van der Waals surface area contributed by atoms with Crippen molar-refractivity contribution in [3.63, 3.8) is 0 Å². The van der Waals surface area contributed by atoms with Gasteiger partial charge in [-0.2, -0.15) is 0 Å². The summed E-state index contributed by atoms with van der Waals surface area (Å²) < 4.78 is 0. The minimum Gasteiger partial charge on any atom is -0.340 e. The first kappa shape index (κ1) is 17.9. The van der Waals surface area contributed by atoms with Crippen molar-refractivity contribution >= 4 is 34.7 Å². The van der Waals surface area contributed by atoms with E-state index in [1.54, 1.807) is 24.3 Å². The number of hydrogen-bond acceptors (Lipinski definition) is 4. The third-order valence-corrected chi connectivity index (χ3v) is 4.26. The maximum absolute atomic E-state index is 12.6. The Morgan fingerprint density at radius 1 is 1.12 bits per heavy atom. The van der Waals surface area contributed by atoms with Crippen LogP contribution in [0.25, 0.3) is 0 Å². The van der Waals surface area contributed by atoms with Gasteiger partial charge in [-0.25, -0.2) is 9.97 Å². The van der Waals surface area contributed by atoms with Crippen molar-refractivity contribution in [1.82, 2.24) is 9.97 Å². The number of nitrogens with one attached hydrogen (secondary N) is 2. The normalized spacial score (nSPS) is 10.4. The molecule has 1 heterocycles. The number of hydrogen-bond donors (Lipinski definition) is 2. The molecule has 2 aromatic carbocycles. The summed E-state index contributed by atoms with van der Waals surface area (Å²) in [4.78, 5) is 20.9. The lowest BCUT2D eigenvalue weighted by Crippen LogP contribution is -2.14. The number of nitrogens with zero attached hydrogens (tertiary/aromatic N) is 2. The van der Waals surface area contributed by atoms with Crippen LogP contribution in [0.2, 0.25) is 5.02 Å². The average molecular weight is 367 g/mol. The molecular formula is C20H19ClN4O. The van der Waals surface area contributed by atoms with E-state index < -0.39 is 0 Å². The Balaban J connectivity index is 1.86. The van der Waals surface area contributed by atoms with Crippen molar-refractivity contribution in [2.24, 2.45) is 0 Å². The van der Waals surface area contributed by atoms with Gasteiger partial charge in [0, 0.05) is 23.1 Å². The molecule has 0 bridgehead atoms. The van der Waals surface area contributed by atoms with Gasteiger partial charge in [-0.15, -0.1) is 0 Å². The van der Waals surface area contributed by atoms with E-state index in [9.17, 15) is 4.79 Å². The number of aryl methyl sites for hydroxylation is 2. The number of anilines is 3. The Morgan fingerprint density at radius 3 is 2.65 bits per heavy atom. The van der Waals surface area contributed by atoms with E-state index >= 15 is 0 Å². The van der Waals surface area contributed by atoms with Crippen LogP contribution in [0, 0.1) is 6.92 Å². The van der Waals surface area contributed by atoms with Crippen LogP contribution < -0.4 is 10.6 Å². The summed E-state index contributed by atoms with van der Waals surface area (Å²) >= 11 is 6.13. The average Bonchev–Trinajstić information content (AvgIpc) is 2.62. The van der Waals surface area contributed by atoms with Crippen molar-refractivity contribution in [3.8, 4) is 0 Å². The van der Waals surface area contributed by atoms with E-state index in [0.717, 1.165) is 29.1 Å². The number of carbonyl (C=O) groups excluding carboxylic acids is 1. The Kier molecular flexibility index (Phi) is 5.49. The van der Waals surface area contributed by atoms with Gasteiger partial charge in [0.1, 0.15) is 12.1 Å². The van der Waals surface area contributed by atoms with Crippen LogP contribution in [-0.2, 0) is 6.42 Å². The van der Waals surface area contributed by atoms with Gasteiger partial charge in [0.15, 0.2) is 0 Å². The predicted molar refractivity (Wildman–Crippen MR) is 105 cm³/mol. The van der Waals surface area contributed by atoms with Gasteiger partial charge >= 0.3 is 0 Å². The van der Waals surface area contributed by atoms with Crippen LogP contribution in [-0.4, -0.2) is 15.9 Å². The molecule has 1 amide bonds. The molecule has 0 aliphatic carbocycles. The fourth-order valence-corrected chi connectivity index (χ4v) is 2.81. The topological polar surface area (TPSA) is 66.9 Å². The van der Waals surface area contributed by atoms with Gasteiger partial charge in [0.25, 0.3) is 5.91 Å². The molecule has 0 saturated carbocycles. The number of rotatable bonds is 5. The van der Waals surface area contributed by atoms with Crippen LogP contribution in [0.5, 0.6) is 0 Å². The van der Waals surface area contributed by atoms with Crippen molar-refractivity contribution in [3.05, 3.63) is 76.7 Å². The molecule has 2 N–H and O–H groups in total. The standard InChI is InChI=1S/C20H19ClN4O/c1-3-14-8-9-15(24-19-10-13(2)22-12-23-19)11-18(14)25-20(26)16-6-4-5-7-17(16)21/h4-12H,3H2,1-2H3,(H,25,26)(H,22,23,24). The first-order chi connectivity index (χ1) is 12.6. The summed E-state index contributed by atoms with van der Waals surface area (Å²) in [5.74, 6) is 0.463. The predicted octanol–water partition coefficient (Wildman–Crippen LogP) is 5.00. The van der Waals surface area contributed by atoms with Gasteiger partial charge in [0.05, 0.1) is 10.6 Å². The molecule has 26 heavy (non-hydrogen) atoms. The van der Waals surface area contributed by atoms with E-state index in [4.69, 9.17) is 11.6 Å². The van der Waals surface area contributed by atoms with Gasteiger partial charge < -0.3 is 10.6 Å². The van der Waals surface area contributed by atoms with Gasteiger partial charge in [-0.05, 0) is 43.2 Å². The number of carbonyl (C=O) groups is 1. The smallest absolute Gasteiger partial charge is 0.257 e. The number of amides is 1. The highest BCUT2D eigenvalue weighted by atomic mass is 35.5. The third kappa shape index (κ3) is 4.18. The first-order valence-corrected chi connectivity index (χ1v) is 8.69. The number of benzene rings is 2. The van der Waals surface area contributed by atoms with Crippen molar-refractivity contribution in [2.75, 3.05) is 10.6 Å². The fraction of sp³-hybridized carbons (Fsp3) is 0.150. The summed E-state index contributed by atoms with van der Waals surface area (Å²) in [5.41, 5.74) is 3.93. The summed E-state index contributed by atoms with van der Waals surface area (Å²) in [6, 6.07) is 14.7. The third-order valence-electron chi connectivity index (χ3n) is 3.93. The molecular weight excluding hydrogens is 348 g/mol. The molecule has 0 saturated heterocycles. The van der Waals surface area contributed by atoms with E-state index in [0.29, 0.717) is 16.4 Å². The Labute approximate surface area is 157 Å². The molecule has 0 aliphatic heterocycles. The lowest BCUT2D eigenvalue weighted by atomic mass is 10.1. The second-order valence-electron chi connectivity index (χ2n) is 5.83. The van der Waals surface area contributed by atoms with Crippen molar-refractivity contribution in [2.45, 2.75) is 20.3 Å².